The summed E-state index contributed by atoms with van der Waals surface area (Å²) in [6.07, 6.45) is 3.35. The van der Waals surface area contributed by atoms with Gasteiger partial charge in [-0.25, -0.2) is 5.43 Å². The standard InChI is InChI=1S/C18H19N3O/c1-4-14-5-9-16(10-6-14)18(22)20-19-13-15-7-11-17(12-8-15)21(2)3/h4-13H,1H2,2-3H3,(H,20,22)/b19-13+. The van der Waals surface area contributed by atoms with Gasteiger partial charge in [-0.1, -0.05) is 36.9 Å². The van der Waals surface area contributed by atoms with Crippen molar-refractivity contribution in [2.45, 2.75) is 0 Å². The molecule has 0 fully saturated rings. The third-order valence-electron chi connectivity index (χ3n) is 3.20. The summed E-state index contributed by atoms with van der Waals surface area (Å²) in [5.74, 6) is -0.239. The molecule has 0 spiro atoms. The summed E-state index contributed by atoms with van der Waals surface area (Å²) in [6.45, 7) is 3.68. The molecular formula is C18H19N3O. The SMILES string of the molecule is C=Cc1ccc(C(=O)N/N=C/c2ccc(N(C)C)cc2)cc1. The van der Waals surface area contributed by atoms with Crippen molar-refractivity contribution < 1.29 is 4.79 Å². The Morgan fingerprint density at radius 1 is 1.05 bits per heavy atom. The van der Waals surface area contributed by atoms with E-state index in [1.54, 1.807) is 24.4 Å². The maximum absolute atomic E-state index is 11.9. The summed E-state index contributed by atoms with van der Waals surface area (Å²) in [5.41, 5.74) is 6.09. The van der Waals surface area contributed by atoms with Crippen molar-refractivity contribution in [1.82, 2.24) is 5.43 Å². The fourth-order valence-corrected chi connectivity index (χ4v) is 1.86. The number of anilines is 1. The molecule has 0 aromatic heterocycles. The molecule has 112 valence electrons. The van der Waals surface area contributed by atoms with E-state index in [-0.39, 0.29) is 5.91 Å². The summed E-state index contributed by atoms with van der Waals surface area (Å²) in [6, 6.07) is 15.1. The number of rotatable bonds is 5. The first-order chi connectivity index (χ1) is 10.6. The van der Waals surface area contributed by atoms with Crippen LogP contribution in [0, 0.1) is 0 Å². The average molecular weight is 293 g/mol. The molecule has 0 atom stereocenters. The zero-order chi connectivity index (χ0) is 15.9. The van der Waals surface area contributed by atoms with Crippen molar-refractivity contribution in [1.29, 1.82) is 0 Å². The normalized spacial score (nSPS) is 10.5. The third-order valence-corrected chi connectivity index (χ3v) is 3.20. The average Bonchev–Trinajstić information content (AvgIpc) is 2.55. The first-order valence-electron chi connectivity index (χ1n) is 6.93. The van der Waals surface area contributed by atoms with Crippen LogP contribution in [0.3, 0.4) is 0 Å². The zero-order valence-corrected chi connectivity index (χ0v) is 12.8. The molecule has 22 heavy (non-hydrogen) atoms. The van der Waals surface area contributed by atoms with E-state index in [0.717, 1.165) is 16.8 Å². The molecule has 2 aromatic carbocycles. The van der Waals surface area contributed by atoms with Gasteiger partial charge in [-0.15, -0.1) is 0 Å². The predicted octanol–water partition coefficient (Wildman–Crippen LogP) is 3.16. The van der Waals surface area contributed by atoms with Crippen LogP contribution >= 0.6 is 0 Å². The Labute approximate surface area is 130 Å². The smallest absolute Gasteiger partial charge is 0.271 e. The highest BCUT2D eigenvalue weighted by molar-refractivity contribution is 5.95. The molecule has 0 saturated heterocycles. The quantitative estimate of drug-likeness (QED) is 0.680. The number of amides is 1. The number of nitrogens with zero attached hydrogens (tertiary/aromatic N) is 2. The molecule has 0 saturated carbocycles. The van der Waals surface area contributed by atoms with Gasteiger partial charge in [0, 0.05) is 25.3 Å². The topological polar surface area (TPSA) is 44.7 Å². The number of hydrogen-bond donors (Lipinski definition) is 1. The van der Waals surface area contributed by atoms with Gasteiger partial charge in [0.15, 0.2) is 0 Å². The summed E-state index contributed by atoms with van der Waals surface area (Å²) in [5, 5.41) is 3.98. The van der Waals surface area contributed by atoms with Gasteiger partial charge in [-0.2, -0.15) is 5.10 Å². The summed E-state index contributed by atoms with van der Waals surface area (Å²) >= 11 is 0. The van der Waals surface area contributed by atoms with E-state index < -0.39 is 0 Å². The van der Waals surface area contributed by atoms with E-state index in [2.05, 4.69) is 17.1 Å². The number of carbonyl (C=O) groups is 1. The molecule has 2 rings (SSSR count). The van der Waals surface area contributed by atoms with Gasteiger partial charge < -0.3 is 4.90 Å². The molecule has 0 heterocycles. The van der Waals surface area contributed by atoms with Crippen LogP contribution in [0.5, 0.6) is 0 Å². The van der Waals surface area contributed by atoms with Crippen molar-refractivity contribution in [3.05, 3.63) is 71.8 Å². The van der Waals surface area contributed by atoms with E-state index in [0.29, 0.717) is 5.56 Å². The van der Waals surface area contributed by atoms with Gasteiger partial charge >= 0.3 is 0 Å². The maximum Gasteiger partial charge on any atom is 0.271 e. The summed E-state index contributed by atoms with van der Waals surface area (Å²) in [7, 11) is 3.97. The first kappa shape index (κ1) is 15.5. The summed E-state index contributed by atoms with van der Waals surface area (Å²) in [4.78, 5) is 13.9. The number of hydrazone groups is 1. The molecule has 0 bridgehead atoms. The van der Waals surface area contributed by atoms with Gasteiger partial charge in [-0.05, 0) is 35.4 Å². The fourth-order valence-electron chi connectivity index (χ4n) is 1.86. The lowest BCUT2D eigenvalue weighted by molar-refractivity contribution is 0.0955. The first-order valence-corrected chi connectivity index (χ1v) is 6.93. The van der Waals surface area contributed by atoms with Crippen LogP contribution in [-0.2, 0) is 0 Å². The number of carbonyl (C=O) groups excluding carboxylic acids is 1. The molecule has 1 N–H and O–H groups in total. The highest BCUT2D eigenvalue weighted by Crippen LogP contribution is 2.11. The Balaban J connectivity index is 1.95. The Bertz CT molecular complexity index is 670. The second kappa shape index (κ2) is 7.22. The van der Waals surface area contributed by atoms with Crippen LogP contribution in [-0.4, -0.2) is 26.2 Å². The van der Waals surface area contributed by atoms with Crippen molar-refractivity contribution in [3.63, 3.8) is 0 Å². The van der Waals surface area contributed by atoms with Gasteiger partial charge in [0.2, 0.25) is 0 Å². The number of benzene rings is 2. The van der Waals surface area contributed by atoms with Crippen molar-refractivity contribution in [2.24, 2.45) is 5.10 Å². The van der Waals surface area contributed by atoms with Crippen LogP contribution < -0.4 is 10.3 Å². The fraction of sp³-hybridized carbons (Fsp3) is 0.111. The number of hydrogen-bond acceptors (Lipinski definition) is 3. The van der Waals surface area contributed by atoms with E-state index in [4.69, 9.17) is 0 Å². The molecule has 0 radical (unpaired) electrons. The molecule has 0 unspecified atom stereocenters. The van der Waals surface area contributed by atoms with Crippen LogP contribution in [0.15, 0.2) is 60.2 Å². The van der Waals surface area contributed by atoms with Gasteiger partial charge in [-0.3, -0.25) is 4.79 Å². The van der Waals surface area contributed by atoms with Crippen molar-refractivity contribution in [3.8, 4) is 0 Å². The second-order valence-electron chi connectivity index (χ2n) is 5.01. The molecule has 0 aliphatic heterocycles. The highest BCUT2D eigenvalue weighted by atomic mass is 16.2. The minimum atomic E-state index is -0.239. The van der Waals surface area contributed by atoms with E-state index in [9.17, 15) is 4.79 Å². The summed E-state index contributed by atoms with van der Waals surface area (Å²) < 4.78 is 0. The minimum absolute atomic E-state index is 0.239. The zero-order valence-electron chi connectivity index (χ0n) is 12.8. The molecule has 0 aliphatic rings. The Hall–Kier alpha value is -2.88. The molecular weight excluding hydrogens is 274 g/mol. The van der Waals surface area contributed by atoms with Gasteiger partial charge in [0.1, 0.15) is 0 Å². The van der Waals surface area contributed by atoms with Crippen LogP contribution in [0.4, 0.5) is 5.69 Å². The highest BCUT2D eigenvalue weighted by Gasteiger charge is 2.02. The molecule has 4 nitrogen and oxygen atoms in total. The largest absolute Gasteiger partial charge is 0.378 e. The second-order valence-corrected chi connectivity index (χ2v) is 5.01. The molecule has 2 aromatic rings. The van der Waals surface area contributed by atoms with Crippen LogP contribution in [0.2, 0.25) is 0 Å². The van der Waals surface area contributed by atoms with E-state index in [1.165, 1.54) is 0 Å². The van der Waals surface area contributed by atoms with E-state index >= 15 is 0 Å². The monoisotopic (exact) mass is 293 g/mol. The molecule has 0 aliphatic carbocycles. The maximum atomic E-state index is 11.9. The van der Waals surface area contributed by atoms with Crippen LogP contribution in [0.1, 0.15) is 21.5 Å². The van der Waals surface area contributed by atoms with E-state index in [1.807, 2.05) is 55.4 Å². The predicted molar refractivity (Wildman–Crippen MR) is 92.4 cm³/mol. The third kappa shape index (κ3) is 4.06. The number of nitrogens with one attached hydrogen (secondary N) is 1. The Morgan fingerprint density at radius 3 is 2.18 bits per heavy atom. The van der Waals surface area contributed by atoms with Gasteiger partial charge in [0.05, 0.1) is 6.21 Å². The Morgan fingerprint density at radius 2 is 1.64 bits per heavy atom. The lowest BCUT2D eigenvalue weighted by Crippen LogP contribution is -2.17. The molecule has 1 amide bonds. The van der Waals surface area contributed by atoms with Crippen molar-refractivity contribution in [2.75, 3.05) is 19.0 Å². The Kier molecular flexibility index (Phi) is 5.09. The minimum Gasteiger partial charge on any atom is -0.378 e. The van der Waals surface area contributed by atoms with Crippen molar-refractivity contribution >= 4 is 23.9 Å². The lowest BCUT2D eigenvalue weighted by atomic mass is 10.1. The lowest BCUT2D eigenvalue weighted by Gasteiger charge is -2.11. The molecule has 4 heteroatoms. The van der Waals surface area contributed by atoms with Gasteiger partial charge in [0.25, 0.3) is 5.91 Å². The van der Waals surface area contributed by atoms with Crippen LogP contribution in [0.25, 0.3) is 6.08 Å².